The number of rotatable bonds is 2. The van der Waals surface area contributed by atoms with Crippen molar-refractivity contribution in [1.82, 2.24) is 0 Å². The van der Waals surface area contributed by atoms with Crippen molar-refractivity contribution in [1.29, 1.82) is 0 Å². The first-order valence-electron chi connectivity index (χ1n) is 5.56. The Labute approximate surface area is 118 Å². The van der Waals surface area contributed by atoms with Crippen LogP contribution in [0.1, 0.15) is 15.2 Å². The van der Waals surface area contributed by atoms with Gasteiger partial charge in [-0.3, -0.25) is 9.59 Å². The Kier molecular flexibility index (Phi) is 2.97. The molecule has 1 aromatic heterocycles. The number of hydrogen-bond acceptors (Lipinski definition) is 3. The summed E-state index contributed by atoms with van der Waals surface area (Å²) in [4.78, 5) is 24.5. The molecule has 0 unspecified atom stereocenters. The number of fused-ring (bicyclic) bond motifs is 1. The van der Waals surface area contributed by atoms with Gasteiger partial charge in [0.05, 0.1) is 21.2 Å². The van der Waals surface area contributed by atoms with Crippen LogP contribution in [0.3, 0.4) is 0 Å². The number of carbonyl (C=O) groups excluding carboxylic acids is 2. The molecular weight excluding hydrogens is 282 g/mol. The number of halogens is 1. The molecule has 0 saturated heterocycles. The molecule has 0 bridgehead atoms. The summed E-state index contributed by atoms with van der Waals surface area (Å²) >= 11 is 7.36. The number of ketones is 1. The highest BCUT2D eigenvalue weighted by atomic mass is 35.5. The normalized spacial score (nSPS) is 15.4. The number of para-hydroxylation sites is 1. The van der Waals surface area contributed by atoms with Gasteiger partial charge in [-0.05, 0) is 17.5 Å². The highest BCUT2D eigenvalue weighted by Crippen LogP contribution is 2.37. The van der Waals surface area contributed by atoms with Gasteiger partial charge < -0.3 is 5.32 Å². The highest BCUT2D eigenvalue weighted by Gasteiger charge is 2.26. The Hall–Kier alpha value is -1.91. The zero-order valence-corrected chi connectivity index (χ0v) is 11.2. The lowest BCUT2D eigenvalue weighted by Crippen LogP contribution is -2.05. The van der Waals surface area contributed by atoms with Crippen molar-refractivity contribution in [2.75, 3.05) is 5.32 Å². The zero-order valence-electron chi connectivity index (χ0n) is 9.64. The van der Waals surface area contributed by atoms with E-state index in [9.17, 15) is 9.59 Å². The van der Waals surface area contributed by atoms with Gasteiger partial charge in [-0.15, -0.1) is 11.3 Å². The summed E-state index contributed by atoms with van der Waals surface area (Å²) in [6.45, 7) is 0. The summed E-state index contributed by atoms with van der Waals surface area (Å²) in [5.74, 6) is -0.471. The smallest absolute Gasteiger partial charge is 0.256 e. The van der Waals surface area contributed by atoms with Gasteiger partial charge in [-0.1, -0.05) is 29.8 Å². The number of benzene rings is 1. The van der Waals surface area contributed by atoms with Crippen LogP contribution in [0.15, 0.2) is 41.8 Å². The number of hydrogen-bond donors (Lipinski definition) is 1. The van der Waals surface area contributed by atoms with E-state index in [2.05, 4.69) is 5.32 Å². The third kappa shape index (κ3) is 2.09. The zero-order chi connectivity index (χ0) is 13.4. The number of anilines is 1. The van der Waals surface area contributed by atoms with Gasteiger partial charge in [-0.25, -0.2) is 0 Å². The molecule has 0 radical (unpaired) electrons. The van der Waals surface area contributed by atoms with Gasteiger partial charge in [0.25, 0.3) is 5.91 Å². The Balaban J connectivity index is 2.05. The summed E-state index contributed by atoms with van der Waals surface area (Å²) in [5.41, 5.74) is 1.60. The Morgan fingerprint density at radius 1 is 1.26 bits per heavy atom. The molecule has 1 amide bonds. The van der Waals surface area contributed by atoms with Crippen LogP contribution in [-0.4, -0.2) is 11.7 Å². The molecule has 3 nitrogen and oxygen atoms in total. The molecule has 2 heterocycles. The Morgan fingerprint density at radius 3 is 2.84 bits per heavy atom. The molecule has 0 spiro atoms. The Bertz CT molecular complexity index is 704. The van der Waals surface area contributed by atoms with Crippen molar-refractivity contribution >= 4 is 45.9 Å². The van der Waals surface area contributed by atoms with Crippen molar-refractivity contribution in [2.24, 2.45) is 0 Å². The van der Waals surface area contributed by atoms with E-state index in [4.69, 9.17) is 11.6 Å². The van der Waals surface area contributed by atoms with Crippen molar-refractivity contribution in [3.63, 3.8) is 0 Å². The molecule has 1 aliphatic heterocycles. The average molecular weight is 290 g/mol. The van der Waals surface area contributed by atoms with Crippen LogP contribution in [0, 0.1) is 0 Å². The molecule has 5 heteroatoms. The molecule has 0 fully saturated rings. The lowest BCUT2D eigenvalue weighted by molar-refractivity contribution is -0.110. The fourth-order valence-corrected chi connectivity index (χ4v) is 2.80. The maximum absolute atomic E-state index is 12.0. The second-order valence-electron chi connectivity index (χ2n) is 4.02. The maximum atomic E-state index is 12.0. The third-order valence-electron chi connectivity index (χ3n) is 2.83. The average Bonchev–Trinajstić information content (AvgIpc) is 3.00. The van der Waals surface area contributed by atoms with Gasteiger partial charge in [-0.2, -0.15) is 0 Å². The second kappa shape index (κ2) is 4.64. The van der Waals surface area contributed by atoms with Gasteiger partial charge in [0, 0.05) is 11.6 Å². The minimum atomic E-state index is -0.298. The summed E-state index contributed by atoms with van der Waals surface area (Å²) in [5, 5.41) is 4.97. The predicted octanol–water partition coefficient (Wildman–Crippen LogP) is 3.62. The molecule has 1 aliphatic rings. The number of thiophene rings is 1. The van der Waals surface area contributed by atoms with Crippen molar-refractivity contribution in [3.8, 4) is 0 Å². The van der Waals surface area contributed by atoms with Crippen molar-refractivity contribution < 1.29 is 9.59 Å². The third-order valence-corrected chi connectivity index (χ3v) is 4.03. The quantitative estimate of drug-likeness (QED) is 0.678. The topological polar surface area (TPSA) is 46.2 Å². The van der Waals surface area contributed by atoms with Crippen LogP contribution in [0.5, 0.6) is 0 Å². The molecule has 0 atom stereocenters. The van der Waals surface area contributed by atoms with E-state index >= 15 is 0 Å². The first-order valence-corrected chi connectivity index (χ1v) is 6.82. The fourth-order valence-electron chi connectivity index (χ4n) is 1.94. The molecule has 3 rings (SSSR count). The summed E-state index contributed by atoms with van der Waals surface area (Å²) in [6.07, 6.45) is 1.36. The van der Waals surface area contributed by atoms with Crippen LogP contribution in [-0.2, 0) is 4.79 Å². The van der Waals surface area contributed by atoms with E-state index in [-0.39, 0.29) is 11.7 Å². The Morgan fingerprint density at radius 2 is 2.11 bits per heavy atom. The molecule has 1 aromatic carbocycles. The standard InChI is InChI=1S/C14H8ClNO2S/c15-10-4-1-3-8-9(14(18)16-13(8)10)7-11(17)12-5-2-6-19-12/h1-7H,(H,16,18)/b9-7-. The van der Waals surface area contributed by atoms with E-state index in [1.165, 1.54) is 17.4 Å². The van der Waals surface area contributed by atoms with Gasteiger partial charge >= 0.3 is 0 Å². The molecule has 0 aliphatic carbocycles. The minimum Gasteiger partial charge on any atom is -0.320 e. The minimum absolute atomic E-state index is 0.173. The van der Waals surface area contributed by atoms with Gasteiger partial charge in [0.2, 0.25) is 0 Å². The number of amides is 1. The van der Waals surface area contributed by atoms with E-state index in [1.54, 1.807) is 30.3 Å². The number of allylic oxidation sites excluding steroid dienone is 1. The van der Waals surface area contributed by atoms with Crippen LogP contribution >= 0.6 is 22.9 Å². The summed E-state index contributed by atoms with van der Waals surface area (Å²) in [7, 11) is 0. The van der Waals surface area contributed by atoms with Crippen LogP contribution in [0.2, 0.25) is 5.02 Å². The van der Waals surface area contributed by atoms with Crippen LogP contribution < -0.4 is 5.32 Å². The van der Waals surface area contributed by atoms with E-state index < -0.39 is 0 Å². The highest BCUT2D eigenvalue weighted by molar-refractivity contribution is 7.12. The summed E-state index contributed by atoms with van der Waals surface area (Å²) < 4.78 is 0. The molecule has 94 valence electrons. The van der Waals surface area contributed by atoms with Crippen molar-refractivity contribution in [2.45, 2.75) is 0 Å². The van der Waals surface area contributed by atoms with Gasteiger partial charge in [0.1, 0.15) is 0 Å². The second-order valence-corrected chi connectivity index (χ2v) is 5.37. The number of carbonyl (C=O) groups is 2. The first-order chi connectivity index (χ1) is 9.16. The SMILES string of the molecule is O=C1Nc2c(Cl)cccc2/C1=C/C(=O)c1cccs1. The summed E-state index contributed by atoms with van der Waals surface area (Å²) in [6, 6.07) is 8.76. The van der Waals surface area contributed by atoms with E-state index in [0.717, 1.165) is 0 Å². The van der Waals surface area contributed by atoms with Crippen LogP contribution in [0.25, 0.3) is 5.57 Å². The molecule has 2 aromatic rings. The fraction of sp³-hybridized carbons (Fsp3) is 0. The monoisotopic (exact) mass is 289 g/mol. The number of nitrogens with one attached hydrogen (secondary N) is 1. The van der Waals surface area contributed by atoms with Crippen molar-refractivity contribution in [3.05, 3.63) is 57.3 Å². The molecule has 0 saturated carbocycles. The maximum Gasteiger partial charge on any atom is 0.256 e. The molecular formula is C14H8ClNO2S. The van der Waals surface area contributed by atoms with Crippen LogP contribution in [0.4, 0.5) is 5.69 Å². The molecule has 19 heavy (non-hydrogen) atoms. The predicted molar refractivity (Wildman–Crippen MR) is 76.7 cm³/mol. The lowest BCUT2D eigenvalue weighted by atomic mass is 10.1. The largest absolute Gasteiger partial charge is 0.320 e. The van der Waals surface area contributed by atoms with Gasteiger partial charge in [0.15, 0.2) is 5.78 Å². The van der Waals surface area contributed by atoms with E-state index in [1.807, 2.05) is 5.38 Å². The first kappa shape index (κ1) is 12.1. The van der Waals surface area contributed by atoms with E-state index in [0.29, 0.717) is 26.7 Å². The molecule has 1 N–H and O–H groups in total. The lowest BCUT2D eigenvalue weighted by Gasteiger charge is -1.99.